The van der Waals surface area contributed by atoms with Gasteiger partial charge >= 0.3 is 6.18 Å². The third-order valence-electron chi connectivity index (χ3n) is 2.66. The largest absolute Gasteiger partial charge is 0.542 e. The monoisotopic (exact) mass is 295 g/mol. The number of carboxylic acid groups (broad SMARTS) is 1. The number of aliphatic carboxylic acids is 1. The zero-order chi connectivity index (χ0) is 15.0. The number of aromatic nitrogens is 1. The average Bonchev–Trinajstić information content (AvgIpc) is 2.72. The lowest BCUT2D eigenvalue weighted by Crippen LogP contribution is -3.11. The molecular formula is C11H16F3N3O3. The molecule has 2 rings (SSSR count). The Morgan fingerprint density at radius 2 is 2.15 bits per heavy atom. The van der Waals surface area contributed by atoms with Gasteiger partial charge in [0, 0.05) is 19.5 Å². The molecule has 0 bridgehead atoms. The van der Waals surface area contributed by atoms with Gasteiger partial charge in [0.25, 0.3) is 0 Å². The first-order valence-electron chi connectivity index (χ1n) is 6.10. The Balaban J connectivity index is 0.000000246. The smallest absolute Gasteiger partial charge is 0.430 e. The lowest BCUT2D eigenvalue weighted by molar-refractivity contribution is -0.912. The maximum atomic E-state index is 10.5. The summed E-state index contributed by atoms with van der Waals surface area (Å²) in [5.74, 6) is -2.15. The van der Waals surface area contributed by atoms with Crippen molar-refractivity contribution in [3.63, 3.8) is 0 Å². The molecule has 0 amide bonds. The number of hydrogen-bond donors (Lipinski definition) is 2. The van der Waals surface area contributed by atoms with E-state index >= 15 is 0 Å². The first-order chi connectivity index (χ1) is 9.39. The number of halogens is 3. The summed E-state index contributed by atoms with van der Waals surface area (Å²) in [6, 6.07) is 0. The van der Waals surface area contributed by atoms with Crippen molar-refractivity contribution < 1.29 is 32.4 Å². The molecule has 1 aromatic heterocycles. The Morgan fingerprint density at radius 1 is 1.45 bits per heavy atom. The zero-order valence-corrected chi connectivity index (χ0v) is 10.7. The van der Waals surface area contributed by atoms with Crippen molar-refractivity contribution >= 4 is 5.97 Å². The lowest BCUT2D eigenvalue weighted by atomic mass is 10.4. The minimum atomic E-state index is -5.19. The third-order valence-corrected chi connectivity index (χ3v) is 2.66. The summed E-state index contributed by atoms with van der Waals surface area (Å²) in [4.78, 5) is 14.5. The molecule has 1 aliphatic rings. The van der Waals surface area contributed by atoms with Crippen LogP contribution in [0.25, 0.3) is 0 Å². The predicted octanol–water partition coefficient (Wildman–Crippen LogP) is -1.65. The third kappa shape index (κ3) is 6.53. The van der Waals surface area contributed by atoms with Crippen LogP contribution in [0, 0.1) is 0 Å². The Kier molecular flexibility index (Phi) is 6.46. The van der Waals surface area contributed by atoms with Crippen LogP contribution in [0.15, 0.2) is 16.9 Å². The molecule has 2 heterocycles. The highest BCUT2D eigenvalue weighted by atomic mass is 19.4. The number of alkyl halides is 3. The van der Waals surface area contributed by atoms with E-state index in [2.05, 4.69) is 10.3 Å². The van der Waals surface area contributed by atoms with Crippen molar-refractivity contribution in [3.05, 3.63) is 18.4 Å². The fourth-order valence-corrected chi connectivity index (χ4v) is 1.71. The summed E-state index contributed by atoms with van der Waals surface area (Å²) in [5, 5.41) is 12.2. The predicted molar refractivity (Wildman–Crippen MR) is 59.5 cm³/mol. The Morgan fingerprint density at radius 3 is 2.70 bits per heavy atom. The second-order valence-electron chi connectivity index (χ2n) is 4.24. The molecule has 9 heteroatoms. The van der Waals surface area contributed by atoms with Gasteiger partial charge in [-0.3, -0.25) is 0 Å². The molecule has 1 aliphatic heterocycles. The molecule has 0 aromatic carbocycles. The molecule has 114 valence electrons. The molecule has 0 saturated carbocycles. The van der Waals surface area contributed by atoms with Crippen molar-refractivity contribution in [2.75, 3.05) is 26.2 Å². The van der Waals surface area contributed by atoms with Gasteiger partial charge < -0.3 is 24.5 Å². The van der Waals surface area contributed by atoms with E-state index < -0.39 is 12.1 Å². The van der Waals surface area contributed by atoms with Gasteiger partial charge in [0.2, 0.25) is 5.89 Å². The Bertz CT molecular complexity index is 387. The number of nitrogens with zero attached hydrogens (tertiary/aromatic N) is 1. The first kappa shape index (κ1) is 16.4. The summed E-state index contributed by atoms with van der Waals surface area (Å²) in [6.07, 6.45) is -0.592. The summed E-state index contributed by atoms with van der Waals surface area (Å²) >= 11 is 0. The van der Waals surface area contributed by atoms with Gasteiger partial charge in [-0.15, -0.1) is 0 Å². The number of quaternary nitrogens is 1. The summed E-state index contributed by atoms with van der Waals surface area (Å²) in [6.45, 7) is 5.57. The summed E-state index contributed by atoms with van der Waals surface area (Å²) in [7, 11) is 0. The average molecular weight is 295 g/mol. The lowest BCUT2D eigenvalue weighted by Gasteiger charge is -2.13. The number of carbonyl (C=O) groups is 1. The molecule has 1 saturated heterocycles. The van der Waals surface area contributed by atoms with Gasteiger partial charge in [-0.25, -0.2) is 4.98 Å². The number of nitrogens with one attached hydrogen (secondary N) is 2. The van der Waals surface area contributed by atoms with E-state index in [-0.39, 0.29) is 0 Å². The molecule has 0 aliphatic carbocycles. The van der Waals surface area contributed by atoms with E-state index in [9.17, 15) is 13.2 Å². The summed E-state index contributed by atoms with van der Waals surface area (Å²) < 4.78 is 36.8. The zero-order valence-electron chi connectivity index (χ0n) is 10.7. The van der Waals surface area contributed by atoms with Gasteiger partial charge in [-0.2, -0.15) is 13.2 Å². The fourth-order valence-electron chi connectivity index (χ4n) is 1.71. The molecule has 20 heavy (non-hydrogen) atoms. The van der Waals surface area contributed by atoms with E-state index in [1.54, 1.807) is 17.4 Å². The van der Waals surface area contributed by atoms with Crippen LogP contribution in [0.2, 0.25) is 0 Å². The standard InChI is InChI=1S/C9H15N3O.C2HF3O2/c1-2-10-3-6-12(5-1)8-9-11-4-7-13-9;3-2(4,5)1(6)7/h4,7,10H,1-3,5-6,8H2;(H,6,7). The van der Waals surface area contributed by atoms with Crippen LogP contribution in [0.4, 0.5) is 13.2 Å². The molecule has 0 spiro atoms. The number of carboxylic acids is 1. The molecule has 1 fully saturated rings. The Hall–Kier alpha value is -1.61. The SMILES string of the molecule is O=C([O-])C(F)(F)F.c1coc(C[NH+]2CCCNCC2)n1. The van der Waals surface area contributed by atoms with Gasteiger partial charge in [0.15, 0.2) is 6.54 Å². The van der Waals surface area contributed by atoms with Crippen molar-refractivity contribution in [2.24, 2.45) is 0 Å². The molecule has 1 aromatic rings. The minimum absolute atomic E-state index is 0.858. The van der Waals surface area contributed by atoms with Crippen molar-refractivity contribution in [2.45, 2.75) is 19.1 Å². The number of oxazole rings is 1. The van der Waals surface area contributed by atoms with Crippen molar-refractivity contribution in [1.82, 2.24) is 10.3 Å². The van der Waals surface area contributed by atoms with Crippen molar-refractivity contribution in [1.29, 1.82) is 0 Å². The van der Waals surface area contributed by atoms with Gasteiger partial charge in [-0.05, 0) is 0 Å². The summed E-state index contributed by atoms with van der Waals surface area (Å²) in [5.41, 5.74) is 0. The highest BCUT2D eigenvalue weighted by Gasteiger charge is 2.28. The van der Waals surface area contributed by atoms with E-state index in [0.29, 0.717) is 0 Å². The number of hydrogen-bond acceptors (Lipinski definition) is 5. The van der Waals surface area contributed by atoms with Crippen LogP contribution in [-0.2, 0) is 11.3 Å². The van der Waals surface area contributed by atoms with Crippen LogP contribution >= 0.6 is 0 Å². The number of rotatable bonds is 2. The van der Waals surface area contributed by atoms with Crippen LogP contribution < -0.4 is 15.3 Å². The van der Waals surface area contributed by atoms with E-state index in [4.69, 9.17) is 14.3 Å². The van der Waals surface area contributed by atoms with Gasteiger partial charge in [0.05, 0.1) is 19.3 Å². The fraction of sp³-hybridized carbons (Fsp3) is 0.636. The van der Waals surface area contributed by atoms with Crippen LogP contribution in [0.5, 0.6) is 0 Å². The van der Waals surface area contributed by atoms with E-state index in [1.807, 2.05) is 0 Å². The molecule has 6 nitrogen and oxygen atoms in total. The van der Waals surface area contributed by atoms with Crippen LogP contribution in [-0.4, -0.2) is 43.3 Å². The second-order valence-corrected chi connectivity index (χ2v) is 4.24. The maximum Gasteiger partial charge on any atom is 0.430 e. The topological polar surface area (TPSA) is 82.6 Å². The van der Waals surface area contributed by atoms with E-state index in [1.165, 1.54) is 19.5 Å². The molecular weight excluding hydrogens is 279 g/mol. The Labute approximate surface area is 113 Å². The number of carbonyl (C=O) groups excluding carboxylic acids is 1. The minimum Gasteiger partial charge on any atom is -0.542 e. The quantitative estimate of drug-likeness (QED) is 0.683. The molecule has 2 N–H and O–H groups in total. The molecule has 0 radical (unpaired) electrons. The second kappa shape index (κ2) is 7.85. The first-order valence-corrected chi connectivity index (χ1v) is 6.10. The van der Waals surface area contributed by atoms with Crippen LogP contribution in [0.1, 0.15) is 12.3 Å². The van der Waals surface area contributed by atoms with Gasteiger partial charge in [-0.1, -0.05) is 0 Å². The van der Waals surface area contributed by atoms with Gasteiger partial charge in [0.1, 0.15) is 12.2 Å². The molecule has 1 atom stereocenters. The molecule has 1 unspecified atom stereocenters. The van der Waals surface area contributed by atoms with Crippen LogP contribution in [0.3, 0.4) is 0 Å². The normalized spacial score (nSPS) is 19.6. The van der Waals surface area contributed by atoms with Crippen molar-refractivity contribution in [3.8, 4) is 0 Å². The highest BCUT2D eigenvalue weighted by molar-refractivity contribution is 5.70. The maximum absolute atomic E-state index is 10.5. The van der Waals surface area contributed by atoms with E-state index in [0.717, 1.165) is 25.5 Å². The highest BCUT2D eigenvalue weighted by Crippen LogP contribution is 2.11.